The molecule has 0 fully saturated rings. The summed E-state index contributed by atoms with van der Waals surface area (Å²) in [7, 11) is 0. The van der Waals surface area contributed by atoms with Crippen LogP contribution in [0, 0.1) is 5.82 Å². The lowest BCUT2D eigenvalue weighted by molar-refractivity contribution is 0.0954. The van der Waals surface area contributed by atoms with Crippen LogP contribution in [-0.4, -0.2) is 27.4 Å². The summed E-state index contributed by atoms with van der Waals surface area (Å²) < 4.78 is 15.0. The first-order chi connectivity index (χ1) is 13.7. The van der Waals surface area contributed by atoms with Gasteiger partial charge >= 0.3 is 0 Å². The number of carbonyl (C=O) groups is 1. The summed E-state index contributed by atoms with van der Waals surface area (Å²) >= 11 is 0. The van der Waals surface area contributed by atoms with E-state index < -0.39 is 0 Å². The fourth-order valence-electron chi connectivity index (χ4n) is 3.08. The third-order valence-electron chi connectivity index (χ3n) is 4.56. The maximum atomic E-state index is 13.2. The maximum Gasteiger partial charge on any atom is 0.251 e. The Balaban J connectivity index is 1.35. The maximum absolute atomic E-state index is 13.2. The van der Waals surface area contributed by atoms with E-state index in [1.54, 1.807) is 18.2 Å². The number of fused-ring (bicyclic) bond motifs is 1. The Morgan fingerprint density at radius 1 is 0.964 bits per heavy atom. The summed E-state index contributed by atoms with van der Waals surface area (Å²) in [5, 5.41) is 11.2. The lowest BCUT2D eigenvalue weighted by atomic mass is 10.1. The molecule has 0 bridgehead atoms. The molecule has 0 radical (unpaired) electrons. The zero-order chi connectivity index (χ0) is 19.3. The molecule has 0 aliphatic rings. The average molecular weight is 374 g/mol. The summed E-state index contributed by atoms with van der Waals surface area (Å²) in [5.74, 6) is -0.409. The Morgan fingerprint density at radius 3 is 2.61 bits per heavy atom. The third-order valence-corrected chi connectivity index (χ3v) is 4.56. The van der Waals surface area contributed by atoms with Crippen LogP contribution in [0.5, 0.6) is 0 Å². The first-order valence-corrected chi connectivity index (χ1v) is 9.09. The highest BCUT2D eigenvalue weighted by molar-refractivity contribution is 5.94. The zero-order valence-electron chi connectivity index (χ0n) is 15.2. The van der Waals surface area contributed by atoms with Gasteiger partial charge in [0, 0.05) is 12.1 Å². The highest BCUT2D eigenvalue weighted by Crippen LogP contribution is 2.13. The van der Waals surface area contributed by atoms with Gasteiger partial charge in [-0.3, -0.25) is 4.79 Å². The summed E-state index contributed by atoms with van der Waals surface area (Å²) in [6, 6.07) is 21.6. The van der Waals surface area contributed by atoms with E-state index in [2.05, 4.69) is 15.6 Å². The smallest absolute Gasteiger partial charge is 0.251 e. The number of halogens is 1. The molecular formula is C22H19FN4O. The van der Waals surface area contributed by atoms with Crippen LogP contribution >= 0.6 is 0 Å². The van der Waals surface area contributed by atoms with E-state index >= 15 is 0 Å². The molecule has 5 nitrogen and oxygen atoms in total. The highest BCUT2D eigenvalue weighted by Gasteiger charge is 2.07. The number of nitrogens with zero attached hydrogens (tertiary/aromatic N) is 3. The van der Waals surface area contributed by atoms with Crippen molar-refractivity contribution in [2.24, 2.45) is 0 Å². The van der Waals surface area contributed by atoms with E-state index in [0.717, 1.165) is 22.2 Å². The molecular weight excluding hydrogens is 355 g/mol. The van der Waals surface area contributed by atoms with Crippen molar-refractivity contribution in [3.63, 3.8) is 0 Å². The number of nitrogens with one attached hydrogen (secondary N) is 1. The van der Waals surface area contributed by atoms with Crippen LogP contribution in [0.25, 0.3) is 11.0 Å². The summed E-state index contributed by atoms with van der Waals surface area (Å²) in [6.45, 7) is 1.04. The molecule has 0 aliphatic carbocycles. The van der Waals surface area contributed by atoms with Crippen LogP contribution in [0.4, 0.5) is 4.39 Å². The fourth-order valence-corrected chi connectivity index (χ4v) is 3.08. The van der Waals surface area contributed by atoms with Crippen LogP contribution in [0.3, 0.4) is 0 Å². The van der Waals surface area contributed by atoms with Crippen molar-refractivity contribution < 1.29 is 9.18 Å². The van der Waals surface area contributed by atoms with Crippen LogP contribution in [0.1, 0.15) is 21.5 Å². The van der Waals surface area contributed by atoms with Gasteiger partial charge in [0.1, 0.15) is 11.3 Å². The van der Waals surface area contributed by atoms with Gasteiger partial charge in [0.05, 0.1) is 12.1 Å². The van der Waals surface area contributed by atoms with Crippen LogP contribution in [0.15, 0.2) is 72.8 Å². The van der Waals surface area contributed by atoms with E-state index in [1.165, 1.54) is 12.1 Å². The van der Waals surface area contributed by atoms with Crippen molar-refractivity contribution in [2.45, 2.75) is 13.0 Å². The number of rotatable bonds is 6. The molecule has 0 saturated carbocycles. The second-order valence-electron chi connectivity index (χ2n) is 6.57. The quantitative estimate of drug-likeness (QED) is 0.561. The van der Waals surface area contributed by atoms with Crippen LogP contribution in [0.2, 0.25) is 0 Å². The monoisotopic (exact) mass is 374 g/mol. The summed E-state index contributed by atoms with van der Waals surface area (Å²) in [4.78, 5) is 12.3. The Morgan fingerprint density at radius 2 is 1.79 bits per heavy atom. The molecule has 3 aromatic carbocycles. The minimum atomic E-state index is -0.264. The molecule has 28 heavy (non-hydrogen) atoms. The van der Waals surface area contributed by atoms with Gasteiger partial charge in [0.25, 0.3) is 5.91 Å². The summed E-state index contributed by atoms with van der Waals surface area (Å²) in [5.41, 5.74) is 4.31. The van der Waals surface area contributed by atoms with Gasteiger partial charge in [-0.1, -0.05) is 41.6 Å². The largest absolute Gasteiger partial charge is 0.352 e. The second kappa shape index (κ2) is 8.00. The van der Waals surface area contributed by atoms with E-state index in [9.17, 15) is 9.18 Å². The van der Waals surface area contributed by atoms with Gasteiger partial charge in [0.15, 0.2) is 0 Å². The van der Waals surface area contributed by atoms with Crippen LogP contribution in [-0.2, 0) is 13.0 Å². The van der Waals surface area contributed by atoms with Gasteiger partial charge in [-0.15, -0.1) is 5.10 Å². The summed E-state index contributed by atoms with van der Waals surface area (Å²) in [6.07, 6.45) is 0.584. The minimum Gasteiger partial charge on any atom is -0.352 e. The molecule has 1 aromatic heterocycles. The lowest BCUT2D eigenvalue weighted by Crippen LogP contribution is -2.25. The number of aromatic nitrogens is 3. The molecule has 0 atom stereocenters. The van der Waals surface area contributed by atoms with Crippen molar-refractivity contribution in [2.75, 3.05) is 6.54 Å². The molecule has 0 unspecified atom stereocenters. The number of amides is 1. The molecule has 1 heterocycles. The number of carbonyl (C=O) groups excluding carboxylic acids is 1. The number of para-hydroxylation sites is 1. The van der Waals surface area contributed by atoms with Crippen molar-refractivity contribution >= 4 is 16.9 Å². The molecule has 140 valence electrons. The van der Waals surface area contributed by atoms with Gasteiger partial charge in [-0.05, 0) is 53.9 Å². The number of benzene rings is 3. The molecule has 6 heteroatoms. The van der Waals surface area contributed by atoms with E-state index in [4.69, 9.17) is 0 Å². The van der Waals surface area contributed by atoms with E-state index in [-0.39, 0.29) is 11.7 Å². The Labute approximate surface area is 161 Å². The number of hydrogen-bond donors (Lipinski definition) is 1. The van der Waals surface area contributed by atoms with Crippen molar-refractivity contribution in [3.05, 3.63) is 95.3 Å². The normalized spacial score (nSPS) is 10.9. The van der Waals surface area contributed by atoms with Crippen molar-refractivity contribution in [3.8, 4) is 0 Å². The van der Waals surface area contributed by atoms with Crippen molar-refractivity contribution in [1.29, 1.82) is 0 Å². The first kappa shape index (κ1) is 17.9. The molecule has 4 aromatic rings. The highest BCUT2D eigenvalue weighted by atomic mass is 19.1. The van der Waals surface area contributed by atoms with Gasteiger partial charge < -0.3 is 5.32 Å². The third kappa shape index (κ3) is 4.06. The predicted molar refractivity (Wildman–Crippen MR) is 106 cm³/mol. The molecule has 4 rings (SSSR count). The first-order valence-electron chi connectivity index (χ1n) is 9.09. The van der Waals surface area contributed by atoms with E-state index in [0.29, 0.717) is 25.1 Å². The van der Waals surface area contributed by atoms with Gasteiger partial charge in [0.2, 0.25) is 0 Å². The zero-order valence-corrected chi connectivity index (χ0v) is 15.2. The van der Waals surface area contributed by atoms with E-state index in [1.807, 2.05) is 47.1 Å². The predicted octanol–water partition coefficient (Wildman–Crippen LogP) is 3.59. The fraction of sp³-hybridized carbons (Fsp3) is 0.136. The second-order valence-corrected chi connectivity index (χ2v) is 6.57. The van der Waals surface area contributed by atoms with Crippen LogP contribution < -0.4 is 5.32 Å². The molecule has 1 amide bonds. The standard InChI is InChI=1S/C22H19FN4O/c23-19-5-3-4-16(14-19)12-13-24-22(28)18-10-8-17(9-11-18)15-27-21-7-2-1-6-20(21)25-26-27/h1-11,14H,12-13,15H2,(H,24,28). The topological polar surface area (TPSA) is 59.8 Å². The lowest BCUT2D eigenvalue weighted by Gasteiger charge is -2.07. The average Bonchev–Trinajstić information content (AvgIpc) is 3.11. The Bertz CT molecular complexity index is 1100. The van der Waals surface area contributed by atoms with Gasteiger partial charge in [-0.2, -0.15) is 0 Å². The number of hydrogen-bond acceptors (Lipinski definition) is 3. The van der Waals surface area contributed by atoms with Crippen molar-refractivity contribution in [1.82, 2.24) is 20.3 Å². The van der Waals surface area contributed by atoms with Gasteiger partial charge in [-0.25, -0.2) is 9.07 Å². The molecule has 0 spiro atoms. The minimum absolute atomic E-state index is 0.144. The Kier molecular flexibility index (Phi) is 5.10. The molecule has 0 aliphatic heterocycles. The Hall–Kier alpha value is -3.54. The molecule has 0 saturated heterocycles. The SMILES string of the molecule is O=C(NCCc1cccc(F)c1)c1ccc(Cn2nnc3ccccc32)cc1. The molecule has 1 N–H and O–H groups in total.